The van der Waals surface area contributed by atoms with Gasteiger partial charge in [0.2, 0.25) is 11.9 Å². The molecular weight excluding hydrogens is 515 g/mol. The molecule has 7 nitrogen and oxygen atoms in total. The van der Waals surface area contributed by atoms with Gasteiger partial charge in [0.05, 0.1) is 24.5 Å². The SMILES string of the molecule is CCOC(=O)C(O)C(=O)N(Cc1ccccc1)c1cc(C)ccc1NC(=O)c1c(F)c(F)c(F)c(F)c1F. The van der Waals surface area contributed by atoms with Crippen LogP contribution >= 0.6 is 0 Å². The van der Waals surface area contributed by atoms with Crippen LogP contribution < -0.4 is 10.2 Å². The van der Waals surface area contributed by atoms with Crippen LogP contribution in [0.3, 0.4) is 0 Å². The molecule has 2 N–H and O–H groups in total. The molecule has 0 saturated carbocycles. The number of hydrogen-bond donors (Lipinski definition) is 2. The van der Waals surface area contributed by atoms with E-state index in [-0.39, 0.29) is 24.5 Å². The van der Waals surface area contributed by atoms with Gasteiger partial charge in [0.25, 0.3) is 11.8 Å². The smallest absolute Gasteiger partial charge is 0.344 e. The number of halogens is 5. The highest BCUT2D eigenvalue weighted by Crippen LogP contribution is 2.31. The summed E-state index contributed by atoms with van der Waals surface area (Å²) in [6.07, 6.45) is -2.27. The molecule has 0 radical (unpaired) electrons. The van der Waals surface area contributed by atoms with Gasteiger partial charge < -0.3 is 20.1 Å². The molecule has 0 bridgehead atoms. The first kappa shape index (κ1) is 28.3. The molecule has 0 aromatic heterocycles. The van der Waals surface area contributed by atoms with E-state index in [0.29, 0.717) is 11.1 Å². The van der Waals surface area contributed by atoms with Gasteiger partial charge in [-0.3, -0.25) is 9.59 Å². The number of aliphatic hydroxyl groups is 1. The molecule has 200 valence electrons. The van der Waals surface area contributed by atoms with Crippen molar-refractivity contribution in [3.63, 3.8) is 0 Å². The third-order valence-electron chi connectivity index (χ3n) is 5.32. The third-order valence-corrected chi connectivity index (χ3v) is 5.32. The van der Waals surface area contributed by atoms with E-state index in [2.05, 4.69) is 5.32 Å². The molecule has 0 aliphatic rings. The zero-order chi connectivity index (χ0) is 28.1. The predicted molar refractivity (Wildman–Crippen MR) is 126 cm³/mol. The standard InChI is InChI=1S/C26H21F5N2O5/c1-3-38-26(37)23(34)25(36)33(12-14-7-5-4-6-8-14)16-11-13(2)9-10-15(16)32-24(35)17-18(27)20(29)22(31)21(30)19(17)28/h4-11,23,34H,3,12H2,1-2H3,(H,32,35). The molecule has 3 rings (SSSR count). The molecule has 0 aliphatic carbocycles. The van der Waals surface area contributed by atoms with Gasteiger partial charge in [-0.1, -0.05) is 36.4 Å². The van der Waals surface area contributed by atoms with Crippen molar-refractivity contribution in [2.75, 3.05) is 16.8 Å². The number of ether oxygens (including phenoxy) is 1. The largest absolute Gasteiger partial charge is 0.464 e. The number of rotatable bonds is 8. The first-order valence-corrected chi connectivity index (χ1v) is 11.1. The minimum Gasteiger partial charge on any atom is -0.464 e. The number of aliphatic hydroxyl groups excluding tert-OH is 1. The van der Waals surface area contributed by atoms with Crippen LogP contribution in [0.25, 0.3) is 0 Å². The molecule has 3 aromatic rings. The number of carbonyl (C=O) groups excluding carboxylic acids is 3. The maximum absolute atomic E-state index is 14.2. The lowest BCUT2D eigenvalue weighted by molar-refractivity contribution is -0.157. The molecule has 0 fully saturated rings. The summed E-state index contributed by atoms with van der Waals surface area (Å²) in [5.41, 5.74) is -1.12. The number of nitrogens with zero attached hydrogens (tertiary/aromatic N) is 1. The topological polar surface area (TPSA) is 95.9 Å². The van der Waals surface area contributed by atoms with Gasteiger partial charge in [-0.15, -0.1) is 0 Å². The molecule has 0 saturated heterocycles. The van der Waals surface area contributed by atoms with E-state index in [1.54, 1.807) is 37.3 Å². The Morgan fingerprint density at radius 3 is 2.08 bits per heavy atom. The lowest BCUT2D eigenvalue weighted by Gasteiger charge is -2.27. The van der Waals surface area contributed by atoms with Crippen LogP contribution in [0.15, 0.2) is 48.5 Å². The Morgan fingerprint density at radius 2 is 1.50 bits per heavy atom. The Labute approximate surface area is 213 Å². The summed E-state index contributed by atoms with van der Waals surface area (Å²) in [6, 6.07) is 12.3. The van der Waals surface area contributed by atoms with Gasteiger partial charge in [-0.2, -0.15) is 0 Å². The van der Waals surface area contributed by atoms with E-state index >= 15 is 0 Å². The van der Waals surface area contributed by atoms with Gasteiger partial charge >= 0.3 is 5.97 Å². The number of nitrogens with one attached hydrogen (secondary N) is 1. The number of anilines is 2. The monoisotopic (exact) mass is 536 g/mol. The lowest BCUT2D eigenvalue weighted by Crippen LogP contribution is -2.44. The molecule has 1 unspecified atom stereocenters. The molecule has 0 heterocycles. The Morgan fingerprint density at radius 1 is 0.921 bits per heavy atom. The molecule has 0 aliphatic heterocycles. The second-order valence-electron chi connectivity index (χ2n) is 7.98. The number of esters is 1. The van der Waals surface area contributed by atoms with Crippen molar-refractivity contribution in [2.45, 2.75) is 26.5 Å². The summed E-state index contributed by atoms with van der Waals surface area (Å²) < 4.78 is 73.9. The Bertz CT molecular complexity index is 1360. The van der Waals surface area contributed by atoms with Crippen molar-refractivity contribution >= 4 is 29.2 Å². The van der Waals surface area contributed by atoms with Crippen LogP contribution in [-0.2, 0) is 20.9 Å². The van der Waals surface area contributed by atoms with Crippen molar-refractivity contribution in [1.82, 2.24) is 0 Å². The second-order valence-corrected chi connectivity index (χ2v) is 7.98. The van der Waals surface area contributed by atoms with E-state index < -0.39 is 58.5 Å². The van der Waals surface area contributed by atoms with Crippen LogP contribution in [0, 0.1) is 36.0 Å². The van der Waals surface area contributed by atoms with Crippen LogP contribution in [-0.4, -0.2) is 35.6 Å². The van der Waals surface area contributed by atoms with Gasteiger partial charge in [0.1, 0.15) is 5.56 Å². The summed E-state index contributed by atoms with van der Waals surface area (Å²) in [4.78, 5) is 38.9. The molecule has 2 amide bonds. The minimum absolute atomic E-state index is 0.129. The second kappa shape index (κ2) is 11.8. The van der Waals surface area contributed by atoms with Gasteiger partial charge in [-0.25, -0.2) is 26.7 Å². The van der Waals surface area contributed by atoms with Crippen LogP contribution in [0.2, 0.25) is 0 Å². The number of carbonyl (C=O) groups is 3. The van der Waals surface area contributed by atoms with Crippen molar-refractivity contribution in [3.8, 4) is 0 Å². The average Bonchev–Trinajstić information content (AvgIpc) is 2.90. The fourth-order valence-electron chi connectivity index (χ4n) is 3.48. The molecule has 12 heteroatoms. The van der Waals surface area contributed by atoms with Crippen LogP contribution in [0.1, 0.15) is 28.4 Å². The van der Waals surface area contributed by atoms with Gasteiger partial charge in [0, 0.05) is 0 Å². The lowest BCUT2D eigenvalue weighted by atomic mass is 10.1. The zero-order valence-electron chi connectivity index (χ0n) is 20.0. The van der Waals surface area contributed by atoms with Crippen molar-refractivity contribution in [3.05, 3.63) is 94.3 Å². The van der Waals surface area contributed by atoms with Gasteiger partial charge in [-0.05, 0) is 37.1 Å². The van der Waals surface area contributed by atoms with Crippen molar-refractivity contribution < 1.29 is 46.2 Å². The van der Waals surface area contributed by atoms with Crippen molar-refractivity contribution in [1.29, 1.82) is 0 Å². The van der Waals surface area contributed by atoms with Crippen LogP contribution in [0.5, 0.6) is 0 Å². The molecule has 1 atom stereocenters. The summed E-state index contributed by atoms with van der Waals surface area (Å²) in [7, 11) is 0. The van der Waals surface area contributed by atoms with E-state index in [0.717, 1.165) is 4.90 Å². The quantitative estimate of drug-likeness (QED) is 0.146. The summed E-state index contributed by atoms with van der Waals surface area (Å²) in [5.74, 6) is -15.8. The summed E-state index contributed by atoms with van der Waals surface area (Å²) in [6.45, 7) is 2.69. The molecule has 38 heavy (non-hydrogen) atoms. The fourth-order valence-corrected chi connectivity index (χ4v) is 3.48. The Kier molecular flexibility index (Phi) is 8.79. The van der Waals surface area contributed by atoms with Crippen LogP contribution in [0.4, 0.5) is 33.3 Å². The highest BCUT2D eigenvalue weighted by atomic mass is 19.2. The zero-order valence-corrected chi connectivity index (χ0v) is 20.0. The summed E-state index contributed by atoms with van der Waals surface area (Å²) in [5, 5.41) is 12.4. The van der Waals surface area contributed by atoms with Gasteiger partial charge in [0.15, 0.2) is 23.3 Å². The normalized spacial score (nSPS) is 11.6. The molecular formula is C26H21F5N2O5. The predicted octanol–water partition coefficient (Wildman–Crippen LogP) is 4.40. The van der Waals surface area contributed by atoms with E-state index in [4.69, 9.17) is 4.74 Å². The third kappa shape index (κ3) is 5.80. The highest BCUT2D eigenvalue weighted by Gasteiger charge is 2.34. The maximum Gasteiger partial charge on any atom is 0.344 e. The maximum atomic E-state index is 14.2. The number of amides is 2. The van der Waals surface area contributed by atoms with E-state index in [1.165, 1.54) is 25.1 Å². The molecule has 3 aromatic carbocycles. The van der Waals surface area contributed by atoms with E-state index in [9.17, 15) is 41.4 Å². The van der Waals surface area contributed by atoms with E-state index in [1.807, 2.05) is 0 Å². The number of hydrogen-bond acceptors (Lipinski definition) is 5. The molecule has 0 spiro atoms. The average molecular weight is 536 g/mol. The first-order valence-electron chi connectivity index (χ1n) is 11.1. The summed E-state index contributed by atoms with van der Waals surface area (Å²) >= 11 is 0. The highest BCUT2D eigenvalue weighted by molar-refractivity contribution is 6.12. The Hall–Kier alpha value is -4.32. The number of benzene rings is 3. The number of aryl methyl sites for hydroxylation is 1. The Balaban J connectivity index is 2.10. The minimum atomic E-state index is -2.43. The fraction of sp³-hybridized carbons (Fsp3) is 0.192. The van der Waals surface area contributed by atoms with Crippen molar-refractivity contribution in [2.24, 2.45) is 0 Å². The first-order chi connectivity index (χ1) is 18.0.